The second kappa shape index (κ2) is 13.4. The summed E-state index contributed by atoms with van der Waals surface area (Å²) in [5, 5.41) is 0.464. The summed E-state index contributed by atoms with van der Waals surface area (Å²) >= 11 is 0. The van der Waals surface area contributed by atoms with E-state index in [9.17, 15) is 18.7 Å². The summed E-state index contributed by atoms with van der Waals surface area (Å²) in [4.78, 5) is 25.1. The molecular weight excluding hydrogens is 536 g/mol. The molecular formula is C25H39NO10P2. The third-order valence-corrected chi connectivity index (χ3v) is 8.87. The largest absolute Gasteiger partial charge is 0.480 e. The molecule has 0 aliphatic rings. The molecule has 1 aromatic carbocycles. The van der Waals surface area contributed by atoms with Crippen molar-refractivity contribution in [2.75, 3.05) is 32.8 Å². The van der Waals surface area contributed by atoms with Crippen molar-refractivity contribution in [3.63, 3.8) is 0 Å². The Morgan fingerprint density at radius 3 is 1.92 bits per heavy atom. The quantitative estimate of drug-likeness (QED) is 0.149. The molecule has 0 N–H and O–H groups in total. The van der Waals surface area contributed by atoms with Crippen molar-refractivity contribution in [1.82, 2.24) is 4.57 Å². The Labute approximate surface area is 224 Å². The molecule has 13 heteroatoms. The van der Waals surface area contributed by atoms with Gasteiger partial charge in [-0.2, -0.15) is 0 Å². The molecule has 0 aliphatic carbocycles. The van der Waals surface area contributed by atoms with E-state index in [1.807, 2.05) is 0 Å². The van der Waals surface area contributed by atoms with Crippen molar-refractivity contribution in [3.8, 4) is 5.75 Å². The summed E-state index contributed by atoms with van der Waals surface area (Å²) in [5.41, 5.74) is 0.0267. The van der Waals surface area contributed by atoms with E-state index >= 15 is 0 Å². The van der Waals surface area contributed by atoms with Crippen LogP contribution in [-0.4, -0.2) is 54.7 Å². The lowest BCUT2D eigenvalue weighted by Gasteiger charge is -2.23. The minimum absolute atomic E-state index is 0.0287. The van der Waals surface area contributed by atoms with Gasteiger partial charge in [-0.15, -0.1) is 0 Å². The smallest absolute Gasteiger partial charge is 0.367 e. The maximum Gasteiger partial charge on any atom is 0.367 e. The van der Waals surface area contributed by atoms with E-state index in [-0.39, 0.29) is 49.8 Å². The zero-order valence-electron chi connectivity index (χ0n) is 23.4. The number of ether oxygens (including phenoxy) is 2. The van der Waals surface area contributed by atoms with E-state index in [0.717, 1.165) is 0 Å². The number of rotatable bonds is 15. The lowest BCUT2D eigenvalue weighted by atomic mass is 10.1. The number of nitrogens with zero attached hydrogens (tertiary/aromatic N) is 1. The Morgan fingerprint density at radius 2 is 1.45 bits per heavy atom. The number of fused-ring (bicyclic) bond motifs is 1. The predicted octanol–water partition coefficient (Wildman–Crippen LogP) is 5.68. The lowest BCUT2D eigenvalue weighted by molar-refractivity contribution is -0.155. The summed E-state index contributed by atoms with van der Waals surface area (Å²) in [6, 6.07) is 3.00. The number of hydrogen-bond acceptors (Lipinski definition) is 10. The molecule has 0 atom stereocenters. The molecule has 0 aliphatic heterocycles. The van der Waals surface area contributed by atoms with Gasteiger partial charge >= 0.3 is 21.2 Å². The number of Topliss-reactive ketones (excluding diaryl/α,β-unsaturated/α-hetero) is 1. The minimum atomic E-state index is -3.93. The molecule has 1 aromatic heterocycles. The van der Waals surface area contributed by atoms with Crippen LogP contribution in [0.3, 0.4) is 0 Å². The molecule has 214 valence electrons. The van der Waals surface area contributed by atoms with Crippen LogP contribution in [0.4, 0.5) is 0 Å². The summed E-state index contributed by atoms with van der Waals surface area (Å²) in [6.45, 7) is 13.6. The SMILES string of the molecule is CCOP(=O)(COc1cc2c(cc1P(=O)(OCC)OCC)c(C(C)=O)cn2CC(=O)OC(C)(C)C)OCC. The zero-order valence-corrected chi connectivity index (χ0v) is 25.2. The topological polar surface area (TPSA) is 129 Å². The van der Waals surface area contributed by atoms with Gasteiger partial charge in [0.25, 0.3) is 0 Å². The van der Waals surface area contributed by atoms with E-state index < -0.39 is 33.1 Å². The Hall–Kier alpha value is -2.00. The number of aromatic nitrogens is 1. The van der Waals surface area contributed by atoms with Gasteiger partial charge in [-0.1, -0.05) is 0 Å². The molecule has 0 radical (unpaired) electrons. The first-order valence-electron chi connectivity index (χ1n) is 12.5. The normalized spacial score (nSPS) is 12.6. The van der Waals surface area contributed by atoms with Crippen LogP contribution in [0.15, 0.2) is 18.3 Å². The van der Waals surface area contributed by atoms with Crippen LogP contribution in [-0.2, 0) is 43.3 Å². The van der Waals surface area contributed by atoms with Crippen LogP contribution >= 0.6 is 15.2 Å². The van der Waals surface area contributed by atoms with Crippen molar-refractivity contribution >= 4 is 43.2 Å². The highest BCUT2D eigenvalue weighted by molar-refractivity contribution is 7.62. The Kier molecular flexibility index (Phi) is 11.3. The molecule has 2 rings (SSSR count). The second-order valence-electron chi connectivity index (χ2n) is 9.20. The van der Waals surface area contributed by atoms with E-state index in [1.54, 1.807) is 53.0 Å². The van der Waals surface area contributed by atoms with E-state index in [1.165, 1.54) is 25.3 Å². The Bertz CT molecular complexity index is 1210. The fourth-order valence-corrected chi connectivity index (χ4v) is 6.76. The molecule has 0 saturated heterocycles. The molecule has 0 bridgehead atoms. The first-order valence-corrected chi connectivity index (χ1v) is 15.8. The van der Waals surface area contributed by atoms with Crippen LogP contribution in [0.2, 0.25) is 0 Å². The van der Waals surface area contributed by atoms with Gasteiger partial charge in [0.05, 0.1) is 31.9 Å². The van der Waals surface area contributed by atoms with Gasteiger partial charge in [-0.3, -0.25) is 18.7 Å². The maximum atomic E-state index is 13.9. The van der Waals surface area contributed by atoms with Gasteiger partial charge in [-0.25, -0.2) is 0 Å². The highest BCUT2D eigenvalue weighted by Gasteiger charge is 2.34. The Balaban J connectivity index is 2.75. The summed E-state index contributed by atoms with van der Waals surface area (Å²) in [5.74, 6) is -0.749. The van der Waals surface area contributed by atoms with Crippen molar-refractivity contribution in [3.05, 3.63) is 23.9 Å². The van der Waals surface area contributed by atoms with Crippen LogP contribution < -0.4 is 10.0 Å². The number of carbonyl (C=O) groups excluding carboxylic acids is 2. The molecule has 0 unspecified atom stereocenters. The summed E-state index contributed by atoms with van der Waals surface area (Å²) in [7, 11) is -7.58. The number of esters is 1. The third-order valence-electron chi connectivity index (χ3n) is 4.98. The average Bonchev–Trinajstić information content (AvgIpc) is 3.14. The van der Waals surface area contributed by atoms with E-state index in [2.05, 4.69) is 0 Å². The van der Waals surface area contributed by atoms with Crippen molar-refractivity contribution < 1.29 is 46.3 Å². The Morgan fingerprint density at radius 1 is 0.895 bits per heavy atom. The van der Waals surface area contributed by atoms with E-state index in [4.69, 9.17) is 27.6 Å². The molecule has 1 heterocycles. The first-order chi connectivity index (χ1) is 17.7. The molecule has 11 nitrogen and oxygen atoms in total. The van der Waals surface area contributed by atoms with Gasteiger partial charge in [0, 0.05) is 23.2 Å². The lowest BCUT2D eigenvalue weighted by Crippen LogP contribution is -2.26. The molecule has 0 amide bonds. The average molecular weight is 576 g/mol. The van der Waals surface area contributed by atoms with Crippen LogP contribution in [0.5, 0.6) is 5.75 Å². The van der Waals surface area contributed by atoms with Crippen LogP contribution in [0.1, 0.15) is 65.7 Å². The van der Waals surface area contributed by atoms with Gasteiger partial charge in [-0.05, 0) is 61.5 Å². The predicted molar refractivity (Wildman–Crippen MR) is 145 cm³/mol. The molecule has 0 spiro atoms. The number of ketones is 1. The highest BCUT2D eigenvalue weighted by atomic mass is 31.2. The summed E-state index contributed by atoms with van der Waals surface area (Å²) in [6.07, 6.45) is 1.06. The fourth-order valence-electron chi connectivity index (χ4n) is 3.73. The van der Waals surface area contributed by atoms with Crippen LogP contribution in [0.25, 0.3) is 10.9 Å². The number of hydrogen-bond donors (Lipinski definition) is 0. The molecule has 38 heavy (non-hydrogen) atoms. The zero-order chi connectivity index (χ0) is 28.7. The van der Waals surface area contributed by atoms with Crippen molar-refractivity contribution in [1.29, 1.82) is 0 Å². The monoisotopic (exact) mass is 575 g/mol. The highest BCUT2D eigenvalue weighted by Crippen LogP contribution is 2.52. The minimum Gasteiger partial charge on any atom is -0.480 e. The third kappa shape index (κ3) is 8.25. The second-order valence-corrected chi connectivity index (χ2v) is 13.2. The van der Waals surface area contributed by atoms with Crippen LogP contribution in [0, 0.1) is 0 Å². The van der Waals surface area contributed by atoms with Gasteiger partial charge < -0.3 is 32.1 Å². The molecule has 0 fully saturated rings. The summed E-state index contributed by atoms with van der Waals surface area (Å²) < 4.78 is 61.6. The fraction of sp³-hybridized carbons (Fsp3) is 0.600. The van der Waals surface area contributed by atoms with Crippen molar-refractivity contribution in [2.45, 2.75) is 67.5 Å². The van der Waals surface area contributed by atoms with Crippen molar-refractivity contribution in [2.24, 2.45) is 0 Å². The maximum absolute atomic E-state index is 13.9. The van der Waals surface area contributed by atoms with Gasteiger partial charge in [0.15, 0.2) is 12.1 Å². The number of benzene rings is 1. The molecule has 2 aromatic rings. The molecule has 0 saturated carbocycles. The van der Waals surface area contributed by atoms with Gasteiger partial charge in [0.2, 0.25) is 0 Å². The van der Waals surface area contributed by atoms with Gasteiger partial charge in [0.1, 0.15) is 23.2 Å². The number of carbonyl (C=O) groups is 2. The standard InChI is InChI=1S/C25H39NO10P2/c1-9-32-37(29,33-10-2)17-31-22-14-21-19(13-23(22)38(30,34-11-3)35-12-4)20(18(5)27)15-26(21)16-24(28)36-25(6,7)8/h13-15H,9-12,16-17H2,1-8H3. The van der Waals surface area contributed by atoms with E-state index in [0.29, 0.717) is 16.5 Å². The first kappa shape index (κ1) is 32.2.